The van der Waals surface area contributed by atoms with E-state index in [0.717, 1.165) is 33.9 Å². The predicted octanol–water partition coefficient (Wildman–Crippen LogP) is 7.77. The number of hydrogen-bond acceptors (Lipinski definition) is 5. The Morgan fingerprint density at radius 2 is 1.53 bits per heavy atom. The van der Waals surface area contributed by atoms with E-state index in [9.17, 15) is 0 Å². The summed E-state index contributed by atoms with van der Waals surface area (Å²) < 4.78 is 5.86. The van der Waals surface area contributed by atoms with E-state index in [1.165, 1.54) is 0 Å². The minimum Gasteiger partial charge on any atom is -0.455 e. The SMILES string of the molecule is Cc1c(Cl)cccc1NN=Cc1ccc(-c2ccc(N=Nc3ccccc3)cc2)o1. The summed E-state index contributed by atoms with van der Waals surface area (Å²) in [5.41, 5.74) is 7.33. The van der Waals surface area contributed by atoms with E-state index < -0.39 is 0 Å². The topological polar surface area (TPSA) is 62.2 Å². The molecule has 0 spiro atoms. The number of furan rings is 1. The van der Waals surface area contributed by atoms with E-state index in [2.05, 4.69) is 20.8 Å². The lowest BCUT2D eigenvalue weighted by Gasteiger charge is -2.05. The molecule has 0 radical (unpaired) electrons. The van der Waals surface area contributed by atoms with Crippen molar-refractivity contribution >= 4 is 34.9 Å². The van der Waals surface area contributed by atoms with Gasteiger partial charge in [-0.15, -0.1) is 0 Å². The van der Waals surface area contributed by atoms with Crippen LogP contribution in [0.3, 0.4) is 0 Å². The Morgan fingerprint density at radius 1 is 0.800 bits per heavy atom. The molecule has 0 aliphatic rings. The standard InChI is InChI=1S/C24H19ClN4O/c1-17-22(25)8-5-9-23(17)29-26-16-21-14-15-24(30-21)18-10-12-20(13-11-18)28-27-19-6-3-2-4-7-19/h2-16,29H,1H3. The van der Waals surface area contributed by atoms with Crippen LogP contribution < -0.4 is 5.43 Å². The molecule has 4 rings (SSSR count). The van der Waals surface area contributed by atoms with Crippen LogP contribution in [0.15, 0.2) is 105 Å². The van der Waals surface area contributed by atoms with Crippen molar-refractivity contribution in [1.82, 2.24) is 0 Å². The summed E-state index contributed by atoms with van der Waals surface area (Å²) in [4.78, 5) is 0. The minimum absolute atomic E-state index is 0.644. The van der Waals surface area contributed by atoms with Crippen LogP contribution in [0, 0.1) is 6.92 Å². The van der Waals surface area contributed by atoms with E-state index in [0.29, 0.717) is 10.8 Å². The molecule has 3 aromatic carbocycles. The van der Waals surface area contributed by atoms with Crippen LogP contribution in [-0.2, 0) is 0 Å². The van der Waals surface area contributed by atoms with Crippen molar-refractivity contribution in [2.75, 3.05) is 5.43 Å². The van der Waals surface area contributed by atoms with E-state index >= 15 is 0 Å². The molecule has 1 N–H and O–H groups in total. The molecule has 5 nitrogen and oxygen atoms in total. The molecule has 1 aromatic heterocycles. The lowest BCUT2D eigenvalue weighted by Crippen LogP contribution is -1.92. The van der Waals surface area contributed by atoms with Gasteiger partial charge in [-0.05, 0) is 73.2 Å². The van der Waals surface area contributed by atoms with Gasteiger partial charge in [0.05, 0.1) is 23.3 Å². The van der Waals surface area contributed by atoms with Gasteiger partial charge in [-0.2, -0.15) is 15.3 Å². The molecule has 0 unspecified atom stereocenters. The second kappa shape index (κ2) is 9.20. The van der Waals surface area contributed by atoms with Gasteiger partial charge >= 0.3 is 0 Å². The molecule has 4 aromatic rings. The van der Waals surface area contributed by atoms with Gasteiger partial charge in [0, 0.05) is 10.6 Å². The molecule has 0 aliphatic carbocycles. The maximum atomic E-state index is 6.12. The fraction of sp³-hybridized carbons (Fsp3) is 0.0417. The first-order chi connectivity index (χ1) is 14.7. The number of hydrazone groups is 1. The number of nitrogens with zero attached hydrogens (tertiary/aromatic N) is 3. The normalized spacial score (nSPS) is 11.4. The van der Waals surface area contributed by atoms with Crippen LogP contribution in [0.4, 0.5) is 17.1 Å². The van der Waals surface area contributed by atoms with Gasteiger partial charge in [0.15, 0.2) is 0 Å². The quantitative estimate of drug-likeness (QED) is 0.199. The number of benzene rings is 3. The molecule has 0 amide bonds. The Labute approximate surface area is 179 Å². The monoisotopic (exact) mass is 414 g/mol. The van der Waals surface area contributed by atoms with Gasteiger partial charge < -0.3 is 4.42 Å². The number of hydrogen-bond donors (Lipinski definition) is 1. The maximum absolute atomic E-state index is 6.12. The molecule has 148 valence electrons. The van der Waals surface area contributed by atoms with Crippen molar-refractivity contribution < 1.29 is 4.42 Å². The summed E-state index contributed by atoms with van der Waals surface area (Å²) in [5.74, 6) is 1.40. The van der Waals surface area contributed by atoms with Crippen molar-refractivity contribution in [3.63, 3.8) is 0 Å². The van der Waals surface area contributed by atoms with Crippen molar-refractivity contribution in [1.29, 1.82) is 0 Å². The fourth-order valence-electron chi connectivity index (χ4n) is 2.77. The predicted molar refractivity (Wildman–Crippen MR) is 122 cm³/mol. The van der Waals surface area contributed by atoms with Crippen molar-refractivity contribution in [2.45, 2.75) is 6.92 Å². The molecule has 1 heterocycles. The molecule has 0 fully saturated rings. The first-order valence-electron chi connectivity index (χ1n) is 9.40. The zero-order valence-electron chi connectivity index (χ0n) is 16.3. The lowest BCUT2D eigenvalue weighted by atomic mass is 10.1. The number of rotatable bonds is 6. The Hall–Kier alpha value is -3.70. The van der Waals surface area contributed by atoms with E-state index in [1.54, 1.807) is 6.21 Å². The molecular weight excluding hydrogens is 396 g/mol. The number of azo groups is 1. The highest BCUT2D eigenvalue weighted by Crippen LogP contribution is 2.26. The Morgan fingerprint density at radius 3 is 2.30 bits per heavy atom. The lowest BCUT2D eigenvalue weighted by molar-refractivity contribution is 0.575. The summed E-state index contributed by atoms with van der Waals surface area (Å²) in [7, 11) is 0. The Balaban J connectivity index is 1.41. The molecule has 0 aliphatic heterocycles. The molecule has 6 heteroatoms. The molecule has 0 atom stereocenters. The van der Waals surface area contributed by atoms with Crippen molar-refractivity contribution in [3.8, 4) is 11.3 Å². The van der Waals surface area contributed by atoms with Crippen LogP contribution in [0.1, 0.15) is 11.3 Å². The second-order valence-electron chi connectivity index (χ2n) is 6.57. The van der Waals surface area contributed by atoms with Gasteiger partial charge in [0.1, 0.15) is 11.5 Å². The van der Waals surface area contributed by atoms with Crippen molar-refractivity contribution in [2.24, 2.45) is 15.3 Å². The Kier molecular flexibility index (Phi) is 6.01. The highest BCUT2D eigenvalue weighted by atomic mass is 35.5. The smallest absolute Gasteiger partial charge is 0.147 e. The minimum atomic E-state index is 0.644. The van der Waals surface area contributed by atoms with Gasteiger partial charge in [0.25, 0.3) is 0 Å². The second-order valence-corrected chi connectivity index (χ2v) is 6.97. The van der Waals surface area contributed by atoms with Gasteiger partial charge in [0.2, 0.25) is 0 Å². The third-order valence-corrected chi connectivity index (χ3v) is 4.87. The molecule has 0 saturated carbocycles. The molecule has 0 bridgehead atoms. The van der Waals surface area contributed by atoms with E-state index in [4.69, 9.17) is 16.0 Å². The van der Waals surface area contributed by atoms with Crippen LogP contribution in [0.2, 0.25) is 5.02 Å². The van der Waals surface area contributed by atoms with E-state index in [1.807, 2.05) is 91.9 Å². The highest BCUT2D eigenvalue weighted by Gasteiger charge is 2.04. The van der Waals surface area contributed by atoms with Gasteiger partial charge in [-0.1, -0.05) is 35.9 Å². The van der Waals surface area contributed by atoms with Crippen LogP contribution >= 0.6 is 11.6 Å². The van der Waals surface area contributed by atoms with Crippen LogP contribution in [0.5, 0.6) is 0 Å². The summed E-state index contributed by atoms with van der Waals surface area (Å²) in [6.07, 6.45) is 1.63. The summed E-state index contributed by atoms with van der Waals surface area (Å²) in [6, 6.07) is 26.8. The largest absolute Gasteiger partial charge is 0.455 e. The number of halogens is 1. The zero-order valence-corrected chi connectivity index (χ0v) is 17.0. The first kappa shape index (κ1) is 19.6. The van der Waals surface area contributed by atoms with Crippen LogP contribution in [-0.4, -0.2) is 6.21 Å². The first-order valence-corrected chi connectivity index (χ1v) is 9.78. The average molecular weight is 415 g/mol. The van der Waals surface area contributed by atoms with Gasteiger partial charge in [-0.3, -0.25) is 5.43 Å². The number of nitrogens with one attached hydrogen (secondary N) is 1. The summed E-state index contributed by atoms with van der Waals surface area (Å²) >= 11 is 6.12. The Bertz CT molecular complexity index is 1180. The molecule has 0 saturated heterocycles. The summed E-state index contributed by atoms with van der Waals surface area (Å²) in [6.45, 7) is 1.94. The van der Waals surface area contributed by atoms with Crippen molar-refractivity contribution in [3.05, 3.63) is 101 Å². The highest BCUT2D eigenvalue weighted by molar-refractivity contribution is 6.31. The molecular formula is C24H19ClN4O. The third kappa shape index (κ3) is 4.82. The number of anilines is 1. The van der Waals surface area contributed by atoms with Gasteiger partial charge in [-0.25, -0.2) is 0 Å². The molecule has 30 heavy (non-hydrogen) atoms. The fourth-order valence-corrected chi connectivity index (χ4v) is 2.95. The van der Waals surface area contributed by atoms with Crippen LogP contribution in [0.25, 0.3) is 11.3 Å². The summed E-state index contributed by atoms with van der Waals surface area (Å²) in [5, 5.41) is 13.4. The average Bonchev–Trinajstić information content (AvgIpc) is 3.25. The maximum Gasteiger partial charge on any atom is 0.147 e. The zero-order chi connectivity index (χ0) is 20.8. The third-order valence-electron chi connectivity index (χ3n) is 4.46. The van der Waals surface area contributed by atoms with E-state index in [-0.39, 0.29) is 0 Å².